The number of hydrogen-bond acceptors (Lipinski definition) is 10. The van der Waals surface area contributed by atoms with Gasteiger partial charge >= 0.3 is 39.0 Å². The van der Waals surface area contributed by atoms with Gasteiger partial charge in [-0.15, -0.1) is 0 Å². The van der Waals surface area contributed by atoms with Gasteiger partial charge in [-0.25, -0.2) is 0 Å². The molecule has 0 amide bonds. The molecule has 2 aromatic heterocycles. The summed E-state index contributed by atoms with van der Waals surface area (Å²) in [7, 11) is 0. The fourth-order valence-corrected chi connectivity index (χ4v) is 3.08. The number of aliphatic carboxylic acids is 2. The van der Waals surface area contributed by atoms with Gasteiger partial charge in [0.15, 0.2) is 4.30 Å². The molecule has 0 unspecified atom stereocenters. The van der Waals surface area contributed by atoms with Crippen LogP contribution in [0, 0.1) is 0 Å². The summed E-state index contributed by atoms with van der Waals surface area (Å²) < 4.78 is -0.750. The maximum Gasteiger partial charge on any atom is 2.00 e. The van der Waals surface area contributed by atoms with E-state index in [1.165, 1.54) is 12.4 Å². The molecule has 0 aliphatic carbocycles. The predicted molar refractivity (Wildman–Crippen MR) is 176 cm³/mol. The number of hydrogen-bond donors (Lipinski definition) is 0. The molecule has 0 aliphatic rings. The largest absolute Gasteiger partial charge is 2.00 e. The van der Waals surface area contributed by atoms with Gasteiger partial charge in [-0.3, -0.25) is 20.0 Å². The first-order valence-electron chi connectivity index (χ1n) is 12.7. The van der Waals surface area contributed by atoms with E-state index in [9.17, 15) is 10.2 Å². The first kappa shape index (κ1) is 49.7. The minimum atomic E-state index is -1.08. The van der Waals surface area contributed by atoms with E-state index in [1.54, 1.807) is 48.8 Å². The van der Waals surface area contributed by atoms with Crippen molar-refractivity contribution in [1.82, 2.24) is 9.97 Å². The molecular weight excluding hydrogens is 832 g/mol. The van der Waals surface area contributed by atoms with Crippen molar-refractivity contribution in [2.75, 3.05) is 0 Å². The average Bonchev–Trinajstić information content (AvgIpc) is 2.98. The van der Waals surface area contributed by atoms with Crippen LogP contribution >= 0.6 is 58.0 Å². The fraction of sp³-hybridized carbons (Fsp3) is 0.161. The molecule has 2 heterocycles. The summed E-state index contributed by atoms with van der Waals surface area (Å²) in [5, 5.41) is 41.4. The third kappa shape index (κ3) is 27.3. The topological polar surface area (TPSA) is 177 Å². The monoisotopic (exact) mass is 854 g/mol. The number of carbonyl (C=O) groups excluding carboxylic acids is 2. The molecule has 0 saturated heterocycles. The maximum atomic E-state index is 11.6. The standard InChI is InChI=1S/2C13H11ClN2O.2C2H4O2.CHCl3.2Zn/c2*14-12-6-3-4-10(13(12)17)8-15-9-11-5-1-2-7-16-11;2*1-2(3)4;2-1(3)4;;/h2*1-8,17H,9H2;2*1H3,(H,3,4);1H;;/q;;;;;2*+2/p-4. The molecule has 246 valence electrons. The number of alkyl halides is 3. The molecule has 0 radical (unpaired) electrons. The van der Waals surface area contributed by atoms with E-state index in [0.717, 1.165) is 25.2 Å². The van der Waals surface area contributed by atoms with Crippen molar-refractivity contribution in [1.29, 1.82) is 0 Å². The zero-order valence-electron chi connectivity index (χ0n) is 25.8. The SMILES string of the molecule is CC(=O)[O-].CC(=O)[O-].ClC(Cl)Cl.[O-]c1c(Cl)cccc1C=NCc1ccccn1.[O-]c1c(Cl)cccc1C=NCc1ccccn1.[Zn+2].[Zn+2]. The van der Waals surface area contributed by atoms with Crippen molar-refractivity contribution >= 4 is 82.4 Å². The van der Waals surface area contributed by atoms with Gasteiger partial charge in [0.25, 0.3) is 0 Å². The Morgan fingerprint density at radius 3 is 1.25 bits per heavy atom. The van der Waals surface area contributed by atoms with Crippen LogP contribution in [0.5, 0.6) is 11.5 Å². The Kier molecular flexibility index (Phi) is 31.5. The molecular formula is C31H27Cl5N4O6Zn2. The quantitative estimate of drug-likeness (QED) is 0.156. The molecule has 0 fully saturated rings. The van der Waals surface area contributed by atoms with Gasteiger partial charge in [-0.2, -0.15) is 0 Å². The third-order valence-electron chi connectivity index (χ3n) is 4.41. The Hall–Kier alpha value is -2.68. The number of pyridine rings is 2. The van der Waals surface area contributed by atoms with Crippen molar-refractivity contribution in [3.8, 4) is 11.5 Å². The van der Waals surface area contributed by atoms with E-state index < -0.39 is 16.2 Å². The molecule has 4 rings (SSSR count). The van der Waals surface area contributed by atoms with Gasteiger partial charge < -0.3 is 30.0 Å². The third-order valence-corrected chi connectivity index (χ3v) is 5.01. The molecule has 0 bridgehead atoms. The van der Waals surface area contributed by atoms with Gasteiger partial charge in [0.05, 0.1) is 24.5 Å². The molecule has 4 aromatic rings. The van der Waals surface area contributed by atoms with Crippen LogP contribution in [0.1, 0.15) is 36.4 Å². The van der Waals surface area contributed by atoms with Gasteiger partial charge in [0.1, 0.15) is 0 Å². The Labute approximate surface area is 329 Å². The number of aromatic nitrogens is 2. The van der Waals surface area contributed by atoms with Crippen LogP contribution in [0.25, 0.3) is 0 Å². The number of carbonyl (C=O) groups is 2. The van der Waals surface area contributed by atoms with E-state index in [1.807, 2.05) is 36.4 Å². The van der Waals surface area contributed by atoms with Gasteiger partial charge in [0, 0.05) is 46.8 Å². The zero-order chi connectivity index (χ0) is 34.9. The van der Waals surface area contributed by atoms with E-state index in [-0.39, 0.29) is 60.5 Å². The average molecular weight is 860 g/mol. The number of carboxylic acid groups (broad SMARTS) is 2. The second-order valence-corrected chi connectivity index (χ2v) is 10.9. The predicted octanol–water partition coefficient (Wildman–Crippen LogP) is 4.35. The molecule has 10 nitrogen and oxygen atoms in total. The summed E-state index contributed by atoms with van der Waals surface area (Å²) in [6.45, 7) is 2.85. The Bertz CT molecular complexity index is 1400. The summed E-state index contributed by atoms with van der Waals surface area (Å²) in [5.41, 5.74) is 2.71. The van der Waals surface area contributed by atoms with Crippen molar-refractivity contribution in [3.63, 3.8) is 0 Å². The Morgan fingerprint density at radius 1 is 0.667 bits per heavy atom. The van der Waals surface area contributed by atoms with Crippen LogP contribution in [-0.4, -0.2) is 38.6 Å². The number of aliphatic imine (C=N–C) groups is 2. The van der Waals surface area contributed by atoms with Crippen molar-refractivity contribution in [3.05, 3.63) is 118 Å². The van der Waals surface area contributed by atoms with Crippen LogP contribution in [-0.2, 0) is 61.6 Å². The number of halogens is 5. The molecule has 2 aromatic carbocycles. The fourth-order valence-electron chi connectivity index (χ4n) is 2.71. The van der Waals surface area contributed by atoms with E-state index in [4.69, 9.17) is 77.8 Å². The normalized spacial score (nSPS) is 9.50. The Morgan fingerprint density at radius 2 is 0.979 bits per heavy atom. The zero-order valence-corrected chi connectivity index (χ0v) is 35.5. The molecule has 0 saturated carbocycles. The minimum Gasteiger partial charge on any atom is -0.871 e. The van der Waals surface area contributed by atoms with E-state index >= 15 is 0 Å². The van der Waals surface area contributed by atoms with E-state index in [2.05, 4.69) is 20.0 Å². The smallest absolute Gasteiger partial charge is 0.871 e. The Balaban J connectivity index is -0.000000615. The summed E-state index contributed by atoms with van der Waals surface area (Å²) in [6, 6.07) is 21.2. The number of nitrogens with zero attached hydrogens (tertiary/aromatic N) is 4. The van der Waals surface area contributed by atoms with Crippen molar-refractivity contribution < 1.29 is 69.0 Å². The second kappa shape index (κ2) is 30.4. The summed E-state index contributed by atoms with van der Waals surface area (Å²) in [5.74, 6) is -2.56. The number of benzene rings is 2. The van der Waals surface area contributed by atoms with E-state index in [0.29, 0.717) is 24.2 Å². The summed E-state index contributed by atoms with van der Waals surface area (Å²) >= 11 is 25.9. The summed E-state index contributed by atoms with van der Waals surface area (Å²) in [4.78, 5) is 34.4. The van der Waals surface area contributed by atoms with Gasteiger partial charge in [-0.05, 0) is 61.4 Å². The van der Waals surface area contributed by atoms with Crippen LogP contribution < -0.4 is 20.4 Å². The van der Waals surface area contributed by atoms with Crippen molar-refractivity contribution in [2.45, 2.75) is 31.2 Å². The van der Waals surface area contributed by atoms with Gasteiger partial charge in [0.2, 0.25) is 0 Å². The molecule has 0 spiro atoms. The van der Waals surface area contributed by atoms with Gasteiger partial charge in [-0.1, -0.05) is 106 Å². The molecule has 48 heavy (non-hydrogen) atoms. The second-order valence-electron chi connectivity index (χ2n) is 8.13. The number of carboxylic acids is 2. The first-order valence-corrected chi connectivity index (χ1v) is 14.8. The van der Waals surface area contributed by atoms with Crippen LogP contribution in [0.15, 0.2) is 95.2 Å². The summed E-state index contributed by atoms with van der Waals surface area (Å²) in [6.07, 6.45) is 6.48. The van der Waals surface area contributed by atoms with Crippen LogP contribution in [0.2, 0.25) is 10.0 Å². The number of rotatable bonds is 6. The van der Waals surface area contributed by atoms with Crippen LogP contribution in [0.3, 0.4) is 0 Å². The number of para-hydroxylation sites is 2. The first-order chi connectivity index (χ1) is 21.7. The molecule has 0 N–H and O–H groups in total. The molecule has 17 heteroatoms. The molecule has 0 aliphatic heterocycles. The molecule has 0 atom stereocenters. The maximum absolute atomic E-state index is 11.6. The van der Waals surface area contributed by atoms with Crippen LogP contribution in [0.4, 0.5) is 0 Å². The van der Waals surface area contributed by atoms with Crippen molar-refractivity contribution in [2.24, 2.45) is 9.98 Å². The minimum absolute atomic E-state index is 0.